The molecule has 6 aromatic rings. The summed E-state index contributed by atoms with van der Waals surface area (Å²) in [4.78, 5) is 5.25. The number of rotatable bonds is 3. The lowest BCUT2D eigenvalue weighted by atomic mass is 9.33. The molecule has 0 unspecified atom stereocenters. The quantitative estimate of drug-likeness (QED) is 0.167. The van der Waals surface area contributed by atoms with Crippen LogP contribution in [-0.4, -0.2) is 13.5 Å². The fraction of sp³-hybridized carbons (Fsp3) is 0.385. The first-order valence-electron chi connectivity index (χ1n) is 21.2. The number of hydrogen-bond acceptors (Lipinski definition) is 5. The van der Waals surface area contributed by atoms with Crippen LogP contribution in [0.25, 0.3) is 10.1 Å². The molecular formula is C52H59BN2O2S. The first-order chi connectivity index (χ1) is 27.1. The van der Waals surface area contributed by atoms with Gasteiger partial charge in [0.25, 0.3) is 6.71 Å². The van der Waals surface area contributed by atoms with Crippen molar-refractivity contribution in [3.8, 4) is 11.5 Å². The summed E-state index contributed by atoms with van der Waals surface area (Å²) in [6, 6.07) is 26.7. The zero-order valence-corrected chi connectivity index (χ0v) is 38.1. The van der Waals surface area contributed by atoms with Crippen molar-refractivity contribution in [1.82, 2.24) is 0 Å². The van der Waals surface area contributed by atoms with Crippen molar-refractivity contribution in [3.05, 3.63) is 111 Å². The Morgan fingerprint density at radius 3 is 1.81 bits per heavy atom. The van der Waals surface area contributed by atoms with E-state index in [-0.39, 0.29) is 29.8 Å². The van der Waals surface area contributed by atoms with Crippen LogP contribution in [0.5, 0.6) is 11.5 Å². The van der Waals surface area contributed by atoms with E-state index in [1.165, 1.54) is 98.9 Å². The maximum Gasteiger partial charge on any atom is 0.254 e. The molecule has 0 saturated carbocycles. The van der Waals surface area contributed by atoms with Gasteiger partial charge in [-0.3, -0.25) is 0 Å². The molecule has 4 nitrogen and oxygen atoms in total. The summed E-state index contributed by atoms with van der Waals surface area (Å²) in [5.74, 6) is 1.99. The van der Waals surface area contributed by atoms with E-state index in [0.29, 0.717) is 5.92 Å². The van der Waals surface area contributed by atoms with Crippen LogP contribution in [0.2, 0.25) is 0 Å². The molecule has 0 N–H and O–H groups in total. The Hall–Kier alpha value is -4.68. The maximum absolute atomic E-state index is 6.20. The molecule has 4 heterocycles. The fourth-order valence-corrected chi connectivity index (χ4v) is 11.0. The highest BCUT2D eigenvalue weighted by atomic mass is 32.1. The van der Waals surface area contributed by atoms with Crippen molar-refractivity contribution in [2.45, 2.75) is 126 Å². The van der Waals surface area contributed by atoms with E-state index in [1.54, 1.807) is 0 Å². The van der Waals surface area contributed by atoms with Crippen molar-refractivity contribution >= 4 is 78.0 Å². The van der Waals surface area contributed by atoms with Crippen LogP contribution in [0.4, 0.5) is 33.4 Å². The summed E-state index contributed by atoms with van der Waals surface area (Å²) in [7, 11) is 0. The Morgan fingerprint density at radius 1 is 0.603 bits per heavy atom. The van der Waals surface area contributed by atoms with Gasteiger partial charge in [0.15, 0.2) is 11.5 Å². The normalized spacial score (nSPS) is 14.7. The van der Waals surface area contributed by atoms with Gasteiger partial charge in [0.1, 0.15) is 0 Å². The molecule has 3 aliphatic rings. The van der Waals surface area contributed by atoms with Crippen LogP contribution < -0.4 is 35.7 Å². The molecular weight excluding hydrogens is 727 g/mol. The summed E-state index contributed by atoms with van der Waals surface area (Å²) in [5.41, 5.74) is 20.7. The van der Waals surface area contributed by atoms with Crippen molar-refractivity contribution < 1.29 is 9.47 Å². The summed E-state index contributed by atoms with van der Waals surface area (Å²) >= 11 is 1.96. The highest BCUT2D eigenvalue weighted by Crippen LogP contribution is 2.53. The summed E-state index contributed by atoms with van der Waals surface area (Å²) in [6.07, 6.45) is 0. The number of aryl methyl sites for hydroxylation is 3. The van der Waals surface area contributed by atoms with E-state index in [1.807, 2.05) is 11.3 Å². The highest BCUT2D eigenvalue weighted by Gasteiger charge is 2.47. The van der Waals surface area contributed by atoms with Crippen LogP contribution in [-0.2, 0) is 16.2 Å². The Kier molecular flexibility index (Phi) is 8.64. The Bertz CT molecular complexity index is 2680. The smallest absolute Gasteiger partial charge is 0.254 e. The molecule has 3 aliphatic heterocycles. The average molecular weight is 787 g/mol. The Balaban J connectivity index is 1.47. The van der Waals surface area contributed by atoms with Crippen LogP contribution in [0.1, 0.15) is 127 Å². The Labute approximate surface area is 351 Å². The van der Waals surface area contributed by atoms with E-state index in [4.69, 9.17) is 9.47 Å². The molecule has 9 rings (SSSR count). The minimum Gasteiger partial charge on any atom is -0.454 e. The SMILES string of the molecule is Cc1cc(C(C)(C)C)cc(C)c1N1c2cc(C(C)C)cc3c2B(c2cc(C(C)(C)C)ccc2N3c2c(C)cc3c(c2C)OCO3)c2c1sc1ccc(C(C)(C)C)cc21. The van der Waals surface area contributed by atoms with Gasteiger partial charge >= 0.3 is 0 Å². The highest BCUT2D eigenvalue weighted by molar-refractivity contribution is 7.26. The van der Waals surface area contributed by atoms with Gasteiger partial charge in [0.05, 0.1) is 16.4 Å². The van der Waals surface area contributed by atoms with Gasteiger partial charge < -0.3 is 19.3 Å². The molecule has 0 bridgehead atoms. The minimum atomic E-state index is -0.0300. The van der Waals surface area contributed by atoms with Crippen molar-refractivity contribution in [2.75, 3.05) is 16.6 Å². The van der Waals surface area contributed by atoms with Crippen LogP contribution >= 0.6 is 11.3 Å². The lowest BCUT2D eigenvalue weighted by molar-refractivity contribution is 0.173. The third-order valence-electron chi connectivity index (χ3n) is 13.0. The third kappa shape index (κ3) is 5.83. The fourth-order valence-electron chi connectivity index (χ4n) is 9.71. The molecule has 58 heavy (non-hydrogen) atoms. The molecule has 0 spiro atoms. The number of thiophene rings is 1. The van der Waals surface area contributed by atoms with Crippen molar-refractivity contribution in [1.29, 1.82) is 0 Å². The standard InChI is InChI=1S/C52H59BN2O2S/c1-28(2)33-23-40-45-41(24-33)55(46-29(3)20-36(21-30(46)4)52(13,14)15)49-44(37-25-34(50(7,8)9)17-19-43(37)58-49)53(45)38-26-35(51(10,11)12)16-18-39(38)54(40)47-31(5)22-42-48(32(47)6)57-27-56-42/h16-26,28H,27H2,1-15H3. The molecule has 1 aromatic heterocycles. The number of hydrogen-bond donors (Lipinski definition) is 0. The molecule has 0 atom stereocenters. The topological polar surface area (TPSA) is 24.9 Å². The van der Waals surface area contributed by atoms with Gasteiger partial charge in [-0.2, -0.15) is 0 Å². The largest absolute Gasteiger partial charge is 0.454 e. The lowest BCUT2D eigenvalue weighted by Gasteiger charge is -2.45. The summed E-state index contributed by atoms with van der Waals surface area (Å²) in [6.45, 7) is 35.0. The van der Waals surface area contributed by atoms with Gasteiger partial charge in [0.2, 0.25) is 6.79 Å². The molecule has 0 fully saturated rings. The maximum atomic E-state index is 6.20. The van der Waals surface area contributed by atoms with E-state index in [2.05, 4.69) is 180 Å². The van der Waals surface area contributed by atoms with E-state index in [9.17, 15) is 0 Å². The number of fused-ring (bicyclic) bond motifs is 7. The molecule has 298 valence electrons. The molecule has 0 radical (unpaired) electrons. The van der Waals surface area contributed by atoms with Gasteiger partial charge in [-0.1, -0.05) is 113 Å². The zero-order chi connectivity index (χ0) is 41.5. The van der Waals surface area contributed by atoms with E-state index >= 15 is 0 Å². The van der Waals surface area contributed by atoms with Gasteiger partial charge in [-0.05, 0) is 141 Å². The lowest BCUT2D eigenvalue weighted by Crippen LogP contribution is -2.61. The van der Waals surface area contributed by atoms with Gasteiger partial charge in [-0.25, -0.2) is 0 Å². The number of ether oxygens (including phenoxy) is 2. The summed E-state index contributed by atoms with van der Waals surface area (Å²) < 4.78 is 13.5. The first kappa shape index (κ1) is 38.8. The second-order valence-electron chi connectivity index (χ2n) is 20.6. The van der Waals surface area contributed by atoms with Gasteiger partial charge in [-0.15, -0.1) is 11.3 Å². The van der Waals surface area contributed by atoms with E-state index in [0.717, 1.165) is 17.1 Å². The molecule has 0 aliphatic carbocycles. The zero-order valence-electron chi connectivity index (χ0n) is 37.3. The molecule has 0 amide bonds. The minimum absolute atomic E-state index is 0.0116. The van der Waals surface area contributed by atoms with Crippen LogP contribution in [0.15, 0.2) is 66.7 Å². The second kappa shape index (κ2) is 12.9. The van der Waals surface area contributed by atoms with Gasteiger partial charge in [0, 0.05) is 27.3 Å². The summed E-state index contributed by atoms with van der Waals surface area (Å²) in [5, 5.41) is 2.70. The number of benzene rings is 5. The third-order valence-corrected chi connectivity index (χ3v) is 14.1. The molecule has 5 aromatic carbocycles. The number of anilines is 6. The van der Waals surface area contributed by atoms with Crippen LogP contribution in [0, 0.1) is 27.7 Å². The second-order valence-corrected chi connectivity index (χ2v) is 21.7. The molecule has 0 saturated heterocycles. The average Bonchev–Trinajstić information content (AvgIpc) is 3.76. The van der Waals surface area contributed by atoms with Crippen molar-refractivity contribution in [2.24, 2.45) is 0 Å². The van der Waals surface area contributed by atoms with E-state index < -0.39 is 0 Å². The predicted molar refractivity (Wildman–Crippen MR) is 251 cm³/mol. The number of nitrogens with zero attached hydrogens (tertiary/aromatic N) is 2. The molecule has 6 heteroatoms. The van der Waals surface area contributed by atoms with Crippen molar-refractivity contribution in [3.63, 3.8) is 0 Å². The first-order valence-corrected chi connectivity index (χ1v) is 22.0. The van der Waals surface area contributed by atoms with Crippen LogP contribution in [0.3, 0.4) is 0 Å². The monoisotopic (exact) mass is 786 g/mol. The Morgan fingerprint density at radius 2 is 1.19 bits per heavy atom. The predicted octanol–water partition coefficient (Wildman–Crippen LogP) is 13.0.